The van der Waals surface area contributed by atoms with Gasteiger partial charge in [0.05, 0.1) is 6.54 Å². The van der Waals surface area contributed by atoms with E-state index in [1.54, 1.807) is 0 Å². The van der Waals surface area contributed by atoms with Gasteiger partial charge in [0.1, 0.15) is 0 Å². The Morgan fingerprint density at radius 2 is 1.82 bits per heavy atom. The molecule has 0 aliphatic heterocycles. The standard InChI is InChI=1S/C18H24N4/c1-3-22(2)14-16-9-7-8-15(12-16)13-20-18(19)21-17-10-5-4-6-11-17/h4-12H,3,13-14H2,1-2H3,(H3,19,20,21). The Hall–Kier alpha value is -2.33. The number of nitrogens with zero attached hydrogens (tertiary/aromatic N) is 2. The predicted octanol–water partition coefficient (Wildman–Crippen LogP) is 3.07. The van der Waals surface area contributed by atoms with Crippen LogP contribution >= 0.6 is 0 Å². The van der Waals surface area contributed by atoms with Crippen LogP contribution in [0.5, 0.6) is 0 Å². The Labute approximate surface area is 132 Å². The summed E-state index contributed by atoms with van der Waals surface area (Å²) in [6.45, 7) is 4.72. The van der Waals surface area contributed by atoms with Crippen LogP contribution in [0.3, 0.4) is 0 Å². The average molecular weight is 296 g/mol. The highest BCUT2D eigenvalue weighted by Crippen LogP contribution is 2.09. The molecule has 0 aliphatic rings. The molecular weight excluding hydrogens is 272 g/mol. The van der Waals surface area contributed by atoms with Crippen molar-refractivity contribution in [3.63, 3.8) is 0 Å². The Bertz CT molecular complexity index is 607. The van der Waals surface area contributed by atoms with Crippen LogP contribution < -0.4 is 11.1 Å². The van der Waals surface area contributed by atoms with Gasteiger partial charge in [0.25, 0.3) is 0 Å². The number of benzene rings is 2. The molecule has 22 heavy (non-hydrogen) atoms. The molecule has 0 fully saturated rings. The van der Waals surface area contributed by atoms with Crippen LogP contribution in [0.25, 0.3) is 0 Å². The minimum Gasteiger partial charge on any atom is -0.370 e. The number of anilines is 1. The predicted molar refractivity (Wildman–Crippen MR) is 93.8 cm³/mol. The van der Waals surface area contributed by atoms with Crippen LogP contribution in [0.1, 0.15) is 18.1 Å². The van der Waals surface area contributed by atoms with Gasteiger partial charge in [0.15, 0.2) is 5.96 Å². The zero-order valence-electron chi connectivity index (χ0n) is 13.3. The third kappa shape index (κ3) is 5.22. The van der Waals surface area contributed by atoms with Crippen molar-refractivity contribution in [2.45, 2.75) is 20.0 Å². The van der Waals surface area contributed by atoms with Crippen molar-refractivity contribution in [1.82, 2.24) is 4.90 Å². The molecule has 4 heteroatoms. The maximum absolute atomic E-state index is 5.92. The second-order valence-corrected chi connectivity index (χ2v) is 5.34. The molecule has 0 heterocycles. The molecule has 2 aromatic rings. The number of hydrogen-bond donors (Lipinski definition) is 2. The van der Waals surface area contributed by atoms with Crippen LogP contribution in [0.15, 0.2) is 59.6 Å². The summed E-state index contributed by atoms with van der Waals surface area (Å²) in [5, 5.41) is 3.09. The fourth-order valence-corrected chi connectivity index (χ4v) is 2.14. The number of guanidine groups is 1. The van der Waals surface area contributed by atoms with Gasteiger partial charge in [-0.2, -0.15) is 0 Å². The zero-order chi connectivity index (χ0) is 15.8. The highest BCUT2D eigenvalue weighted by molar-refractivity contribution is 5.92. The molecule has 0 amide bonds. The van der Waals surface area contributed by atoms with Crippen LogP contribution in [0.2, 0.25) is 0 Å². The van der Waals surface area contributed by atoms with Crippen LogP contribution in [0.4, 0.5) is 5.69 Å². The number of rotatable bonds is 6. The summed E-state index contributed by atoms with van der Waals surface area (Å²) in [5.41, 5.74) is 9.34. The number of nitrogens with two attached hydrogens (primary N) is 1. The molecule has 0 aromatic heterocycles. The first-order valence-electron chi connectivity index (χ1n) is 7.55. The van der Waals surface area contributed by atoms with Crippen molar-refractivity contribution in [1.29, 1.82) is 0 Å². The molecule has 2 rings (SSSR count). The normalized spacial score (nSPS) is 11.7. The molecule has 0 atom stereocenters. The van der Waals surface area contributed by atoms with Crippen molar-refractivity contribution in [2.24, 2.45) is 10.7 Å². The van der Waals surface area contributed by atoms with E-state index in [9.17, 15) is 0 Å². The summed E-state index contributed by atoms with van der Waals surface area (Å²) in [5.74, 6) is 0.433. The van der Waals surface area contributed by atoms with E-state index in [2.05, 4.69) is 53.4 Å². The highest BCUT2D eigenvalue weighted by Gasteiger charge is 2.00. The monoisotopic (exact) mass is 296 g/mol. The highest BCUT2D eigenvalue weighted by atomic mass is 15.1. The molecule has 116 valence electrons. The van der Waals surface area contributed by atoms with Crippen molar-refractivity contribution in [3.8, 4) is 0 Å². The van der Waals surface area contributed by atoms with E-state index in [0.29, 0.717) is 12.5 Å². The maximum Gasteiger partial charge on any atom is 0.193 e. The van der Waals surface area contributed by atoms with Gasteiger partial charge in [-0.05, 0) is 36.9 Å². The van der Waals surface area contributed by atoms with E-state index in [4.69, 9.17) is 5.73 Å². The second kappa shape index (κ2) is 8.20. The van der Waals surface area contributed by atoms with E-state index in [0.717, 1.165) is 18.8 Å². The van der Waals surface area contributed by atoms with Crippen molar-refractivity contribution >= 4 is 11.6 Å². The molecule has 0 bridgehead atoms. The summed E-state index contributed by atoms with van der Waals surface area (Å²) in [6.07, 6.45) is 0. The van der Waals surface area contributed by atoms with Gasteiger partial charge >= 0.3 is 0 Å². The van der Waals surface area contributed by atoms with Crippen LogP contribution in [-0.2, 0) is 13.1 Å². The summed E-state index contributed by atoms with van der Waals surface area (Å²) >= 11 is 0. The fraction of sp³-hybridized carbons (Fsp3) is 0.278. The van der Waals surface area contributed by atoms with Crippen molar-refractivity contribution in [3.05, 3.63) is 65.7 Å². The SMILES string of the molecule is CCN(C)Cc1cccc(CN=C(N)Nc2ccccc2)c1. The largest absolute Gasteiger partial charge is 0.370 e. The first kappa shape index (κ1) is 16.0. The van der Waals surface area contributed by atoms with Crippen molar-refractivity contribution in [2.75, 3.05) is 18.9 Å². The van der Waals surface area contributed by atoms with Gasteiger partial charge in [-0.3, -0.25) is 0 Å². The van der Waals surface area contributed by atoms with Gasteiger partial charge in [0.2, 0.25) is 0 Å². The summed E-state index contributed by atoms with van der Waals surface area (Å²) in [6, 6.07) is 18.3. The third-order valence-corrected chi connectivity index (χ3v) is 3.46. The lowest BCUT2D eigenvalue weighted by atomic mass is 10.1. The lowest BCUT2D eigenvalue weighted by Gasteiger charge is -2.14. The molecule has 0 saturated carbocycles. The zero-order valence-corrected chi connectivity index (χ0v) is 13.3. The third-order valence-electron chi connectivity index (χ3n) is 3.46. The van der Waals surface area contributed by atoms with Gasteiger partial charge in [-0.25, -0.2) is 4.99 Å². The molecule has 3 N–H and O–H groups in total. The minimum atomic E-state index is 0.433. The fourth-order valence-electron chi connectivity index (χ4n) is 2.14. The summed E-state index contributed by atoms with van der Waals surface area (Å²) in [4.78, 5) is 6.67. The van der Waals surface area contributed by atoms with Crippen LogP contribution in [0, 0.1) is 0 Å². The van der Waals surface area contributed by atoms with E-state index >= 15 is 0 Å². The van der Waals surface area contributed by atoms with Gasteiger partial charge in [0, 0.05) is 12.2 Å². The Morgan fingerprint density at radius 1 is 1.09 bits per heavy atom. The molecule has 2 aromatic carbocycles. The Balaban J connectivity index is 1.95. The number of nitrogens with one attached hydrogen (secondary N) is 1. The van der Waals surface area contributed by atoms with Gasteiger partial charge in [-0.1, -0.05) is 49.4 Å². The Kier molecular flexibility index (Phi) is 5.98. The minimum absolute atomic E-state index is 0.433. The van der Waals surface area contributed by atoms with E-state index in [1.165, 1.54) is 11.1 Å². The van der Waals surface area contributed by atoms with Crippen LogP contribution in [-0.4, -0.2) is 24.5 Å². The maximum atomic E-state index is 5.92. The average Bonchev–Trinajstić information content (AvgIpc) is 2.54. The van der Waals surface area contributed by atoms with Gasteiger partial charge in [-0.15, -0.1) is 0 Å². The first-order chi connectivity index (χ1) is 10.7. The van der Waals surface area contributed by atoms with E-state index < -0.39 is 0 Å². The number of hydrogen-bond acceptors (Lipinski definition) is 2. The van der Waals surface area contributed by atoms with Gasteiger partial charge < -0.3 is 16.0 Å². The lowest BCUT2D eigenvalue weighted by Crippen LogP contribution is -2.22. The molecule has 0 spiro atoms. The molecular formula is C18H24N4. The molecule has 0 unspecified atom stereocenters. The topological polar surface area (TPSA) is 53.6 Å². The summed E-state index contributed by atoms with van der Waals surface area (Å²) in [7, 11) is 2.12. The quantitative estimate of drug-likeness (QED) is 0.636. The molecule has 0 aliphatic carbocycles. The number of aliphatic imine (C=N–C) groups is 1. The summed E-state index contributed by atoms with van der Waals surface area (Å²) < 4.78 is 0. The van der Waals surface area contributed by atoms with E-state index in [-0.39, 0.29) is 0 Å². The molecule has 0 saturated heterocycles. The second-order valence-electron chi connectivity index (χ2n) is 5.34. The first-order valence-corrected chi connectivity index (χ1v) is 7.55. The van der Waals surface area contributed by atoms with E-state index in [1.807, 2.05) is 30.3 Å². The molecule has 4 nitrogen and oxygen atoms in total. The van der Waals surface area contributed by atoms with Crippen molar-refractivity contribution < 1.29 is 0 Å². The smallest absolute Gasteiger partial charge is 0.193 e. The molecule has 0 radical (unpaired) electrons. The Morgan fingerprint density at radius 3 is 2.55 bits per heavy atom. The number of para-hydroxylation sites is 1. The lowest BCUT2D eigenvalue weighted by molar-refractivity contribution is 0.345.